The molecule has 4 N–H and O–H groups in total. The van der Waals surface area contributed by atoms with Crippen molar-refractivity contribution in [2.24, 2.45) is 5.73 Å². The normalized spacial score (nSPS) is 11.6. The summed E-state index contributed by atoms with van der Waals surface area (Å²) < 4.78 is 42.7. The molecule has 0 atom stereocenters. The first kappa shape index (κ1) is 21.1. The van der Waals surface area contributed by atoms with E-state index in [1.807, 2.05) is 0 Å². The van der Waals surface area contributed by atoms with Gasteiger partial charge in [-0.1, -0.05) is 35.3 Å². The van der Waals surface area contributed by atoms with Crippen LogP contribution in [0.2, 0.25) is 10.0 Å². The SMILES string of the molecule is NC(=O)c1ccc2cn[nH]c2c1-c1ccc(NS(=O)(=O)c2cccc(Cl)c2Cl)cc1F. The van der Waals surface area contributed by atoms with Crippen LogP contribution in [0.1, 0.15) is 10.4 Å². The molecule has 0 spiro atoms. The van der Waals surface area contributed by atoms with E-state index in [9.17, 15) is 13.2 Å². The minimum absolute atomic E-state index is 0.0466. The Labute approximate surface area is 186 Å². The van der Waals surface area contributed by atoms with Gasteiger partial charge in [-0.05, 0) is 36.4 Å². The summed E-state index contributed by atoms with van der Waals surface area (Å²) >= 11 is 11.9. The minimum atomic E-state index is -4.13. The number of anilines is 1. The van der Waals surface area contributed by atoms with E-state index >= 15 is 4.39 Å². The van der Waals surface area contributed by atoms with Gasteiger partial charge in [0, 0.05) is 22.1 Å². The third-order valence-corrected chi connectivity index (χ3v) is 6.93. The Hall–Kier alpha value is -3.14. The molecule has 0 saturated heterocycles. The van der Waals surface area contributed by atoms with Crippen LogP contribution in [0.5, 0.6) is 0 Å². The molecule has 0 aliphatic carbocycles. The van der Waals surface area contributed by atoms with Gasteiger partial charge in [-0.25, -0.2) is 12.8 Å². The smallest absolute Gasteiger partial charge is 0.263 e. The van der Waals surface area contributed by atoms with Crippen molar-refractivity contribution in [2.45, 2.75) is 4.90 Å². The predicted octanol–water partition coefficient (Wildman–Crippen LogP) is 4.58. The molecular formula is C20H13Cl2FN4O3S. The number of amides is 1. The molecule has 158 valence electrons. The van der Waals surface area contributed by atoms with E-state index in [0.717, 1.165) is 6.07 Å². The molecule has 1 amide bonds. The fraction of sp³-hybridized carbons (Fsp3) is 0. The number of nitrogens with one attached hydrogen (secondary N) is 2. The largest absolute Gasteiger partial charge is 0.366 e. The lowest BCUT2D eigenvalue weighted by Crippen LogP contribution is -2.14. The molecule has 0 aliphatic rings. The molecule has 4 aromatic rings. The van der Waals surface area contributed by atoms with Crippen LogP contribution in [-0.4, -0.2) is 24.5 Å². The van der Waals surface area contributed by atoms with Crippen LogP contribution >= 0.6 is 23.2 Å². The lowest BCUT2D eigenvalue weighted by molar-refractivity contribution is 0.100. The molecule has 11 heteroatoms. The van der Waals surface area contributed by atoms with Crippen LogP contribution in [0.4, 0.5) is 10.1 Å². The zero-order valence-electron chi connectivity index (χ0n) is 15.5. The number of fused-ring (bicyclic) bond motifs is 1. The van der Waals surface area contributed by atoms with Crippen LogP contribution in [0.25, 0.3) is 22.0 Å². The van der Waals surface area contributed by atoms with Crippen molar-refractivity contribution in [3.8, 4) is 11.1 Å². The number of primary amides is 1. The first-order valence-electron chi connectivity index (χ1n) is 8.71. The van der Waals surface area contributed by atoms with Crippen LogP contribution in [0.15, 0.2) is 59.6 Å². The molecule has 0 saturated carbocycles. The Morgan fingerprint density at radius 1 is 1.13 bits per heavy atom. The molecule has 0 bridgehead atoms. The topological polar surface area (TPSA) is 118 Å². The fourth-order valence-electron chi connectivity index (χ4n) is 3.18. The number of hydrogen-bond donors (Lipinski definition) is 3. The summed E-state index contributed by atoms with van der Waals surface area (Å²) in [6.07, 6.45) is 1.53. The maximum absolute atomic E-state index is 15.1. The Balaban J connectivity index is 1.78. The van der Waals surface area contributed by atoms with E-state index in [1.54, 1.807) is 6.07 Å². The average molecular weight is 479 g/mol. The summed E-state index contributed by atoms with van der Waals surface area (Å²) in [7, 11) is -4.13. The molecule has 4 rings (SSSR count). The van der Waals surface area contributed by atoms with Crippen molar-refractivity contribution in [3.05, 3.63) is 76.2 Å². The van der Waals surface area contributed by atoms with E-state index < -0.39 is 21.7 Å². The molecule has 0 unspecified atom stereocenters. The number of benzene rings is 3. The molecule has 1 aromatic heterocycles. The number of nitrogens with two attached hydrogens (primary N) is 1. The van der Waals surface area contributed by atoms with Gasteiger partial charge in [0.2, 0.25) is 5.91 Å². The quantitative estimate of drug-likeness (QED) is 0.389. The maximum Gasteiger partial charge on any atom is 0.263 e. The monoisotopic (exact) mass is 478 g/mol. The molecule has 31 heavy (non-hydrogen) atoms. The summed E-state index contributed by atoms with van der Waals surface area (Å²) in [5, 5.41) is 7.22. The van der Waals surface area contributed by atoms with Gasteiger partial charge in [-0.15, -0.1) is 0 Å². The Bertz CT molecular complexity index is 1450. The molecule has 0 radical (unpaired) electrons. The number of halogens is 3. The van der Waals surface area contributed by atoms with Crippen molar-refractivity contribution < 1.29 is 17.6 Å². The van der Waals surface area contributed by atoms with Gasteiger partial charge in [0.15, 0.2) is 0 Å². The zero-order chi connectivity index (χ0) is 22.3. The van der Waals surface area contributed by atoms with Crippen molar-refractivity contribution in [2.75, 3.05) is 4.72 Å². The highest BCUT2D eigenvalue weighted by atomic mass is 35.5. The maximum atomic E-state index is 15.1. The van der Waals surface area contributed by atoms with E-state index in [2.05, 4.69) is 14.9 Å². The number of sulfonamides is 1. The number of H-pyrrole nitrogens is 1. The van der Waals surface area contributed by atoms with E-state index in [0.29, 0.717) is 10.9 Å². The van der Waals surface area contributed by atoms with E-state index in [4.69, 9.17) is 28.9 Å². The van der Waals surface area contributed by atoms with Gasteiger partial charge in [0.05, 0.1) is 27.4 Å². The van der Waals surface area contributed by atoms with Crippen LogP contribution < -0.4 is 10.5 Å². The highest BCUT2D eigenvalue weighted by Crippen LogP contribution is 2.35. The summed E-state index contributed by atoms with van der Waals surface area (Å²) in [6, 6.07) is 11.0. The molecular weight excluding hydrogens is 466 g/mol. The summed E-state index contributed by atoms with van der Waals surface area (Å²) in [5.74, 6) is -1.52. The second kappa shape index (κ2) is 7.84. The van der Waals surface area contributed by atoms with Crippen LogP contribution in [0, 0.1) is 5.82 Å². The van der Waals surface area contributed by atoms with Crippen LogP contribution in [0.3, 0.4) is 0 Å². The summed E-state index contributed by atoms with van der Waals surface area (Å²) in [4.78, 5) is 11.6. The highest BCUT2D eigenvalue weighted by Gasteiger charge is 2.22. The number of nitrogens with zero attached hydrogens (tertiary/aromatic N) is 1. The van der Waals surface area contributed by atoms with Crippen molar-refractivity contribution in [3.63, 3.8) is 0 Å². The zero-order valence-corrected chi connectivity index (χ0v) is 17.8. The van der Waals surface area contributed by atoms with Gasteiger partial charge >= 0.3 is 0 Å². The molecule has 7 nitrogen and oxygen atoms in total. The molecule has 0 fully saturated rings. The Morgan fingerprint density at radius 2 is 1.90 bits per heavy atom. The number of aromatic amines is 1. The number of carbonyl (C=O) groups is 1. The molecule has 1 heterocycles. The number of carbonyl (C=O) groups excluding carboxylic acids is 1. The second-order valence-electron chi connectivity index (χ2n) is 6.54. The third kappa shape index (κ3) is 3.83. The van der Waals surface area contributed by atoms with Crippen molar-refractivity contribution in [1.82, 2.24) is 10.2 Å². The first-order valence-corrected chi connectivity index (χ1v) is 11.0. The molecule has 3 aromatic carbocycles. The Kier molecular flexibility index (Phi) is 5.34. The number of aromatic nitrogens is 2. The average Bonchev–Trinajstić information content (AvgIpc) is 3.18. The molecule has 0 aliphatic heterocycles. The van der Waals surface area contributed by atoms with Crippen molar-refractivity contribution >= 4 is 55.7 Å². The van der Waals surface area contributed by atoms with Crippen molar-refractivity contribution in [1.29, 1.82) is 0 Å². The van der Waals surface area contributed by atoms with Crippen LogP contribution in [-0.2, 0) is 10.0 Å². The second-order valence-corrected chi connectivity index (χ2v) is 8.97. The lowest BCUT2D eigenvalue weighted by atomic mass is 9.96. The highest BCUT2D eigenvalue weighted by molar-refractivity contribution is 7.92. The predicted molar refractivity (Wildman–Crippen MR) is 117 cm³/mol. The summed E-state index contributed by atoms with van der Waals surface area (Å²) in [6.45, 7) is 0. The van der Waals surface area contributed by atoms with E-state index in [1.165, 1.54) is 42.6 Å². The van der Waals surface area contributed by atoms with E-state index in [-0.39, 0.29) is 37.3 Å². The lowest BCUT2D eigenvalue weighted by Gasteiger charge is -2.13. The Morgan fingerprint density at radius 3 is 2.61 bits per heavy atom. The van der Waals surface area contributed by atoms with Gasteiger partial charge in [0.1, 0.15) is 10.7 Å². The number of rotatable bonds is 5. The standard InChI is InChI=1S/C20H13Cl2FN4O3S/c21-14-2-1-3-16(18(14)22)31(29,30)27-11-5-7-12(15(23)8-11)17-13(20(24)28)6-4-10-9-25-26-19(10)17/h1-9,27H,(H2,24,28)(H,25,26). The van der Waals surface area contributed by atoms with Gasteiger partial charge in [0.25, 0.3) is 10.0 Å². The minimum Gasteiger partial charge on any atom is -0.366 e. The van der Waals surface area contributed by atoms with Gasteiger partial charge in [-0.2, -0.15) is 5.10 Å². The van der Waals surface area contributed by atoms with Gasteiger partial charge in [-0.3, -0.25) is 14.6 Å². The third-order valence-electron chi connectivity index (χ3n) is 4.58. The fourth-order valence-corrected chi connectivity index (χ4v) is 4.99. The first-order chi connectivity index (χ1) is 14.7. The summed E-state index contributed by atoms with van der Waals surface area (Å²) in [5.41, 5.74) is 6.20. The van der Waals surface area contributed by atoms with Gasteiger partial charge < -0.3 is 5.73 Å². The number of hydrogen-bond acceptors (Lipinski definition) is 4.